The minimum Gasteiger partial charge on any atom is -0.452 e. The molecular weight excluding hydrogens is 326 g/mol. The molecule has 0 unspecified atom stereocenters. The molecule has 126 valence electrons. The first-order valence-corrected chi connectivity index (χ1v) is 8.87. The molecule has 2 aromatic rings. The lowest BCUT2D eigenvalue weighted by Gasteiger charge is -2.14. The molecular formula is C17H19N3O3S. The molecule has 7 heteroatoms. The van der Waals surface area contributed by atoms with E-state index in [-0.39, 0.29) is 12.5 Å². The van der Waals surface area contributed by atoms with Gasteiger partial charge >= 0.3 is 5.97 Å². The van der Waals surface area contributed by atoms with Gasteiger partial charge in [-0.1, -0.05) is 12.8 Å². The maximum absolute atomic E-state index is 12.0. The molecule has 2 aromatic heterocycles. The zero-order valence-corrected chi connectivity index (χ0v) is 14.0. The van der Waals surface area contributed by atoms with Crippen LogP contribution in [0, 0.1) is 0 Å². The summed E-state index contributed by atoms with van der Waals surface area (Å²) in [6, 6.07) is 3.99. The molecule has 3 rings (SSSR count). The number of aromatic nitrogens is 2. The van der Waals surface area contributed by atoms with Gasteiger partial charge in [-0.2, -0.15) is 16.4 Å². The number of amides is 1. The molecule has 0 aromatic carbocycles. The highest BCUT2D eigenvalue weighted by atomic mass is 32.1. The normalized spacial score (nSPS) is 15.0. The molecule has 1 aliphatic rings. The van der Waals surface area contributed by atoms with E-state index >= 15 is 0 Å². The van der Waals surface area contributed by atoms with Crippen molar-refractivity contribution < 1.29 is 14.3 Å². The van der Waals surface area contributed by atoms with Crippen LogP contribution >= 0.6 is 11.3 Å². The van der Waals surface area contributed by atoms with Crippen LogP contribution in [-0.4, -0.2) is 28.3 Å². The third kappa shape index (κ3) is 4.32. The fourth-order valence-corrected chi connectivity index (χ4v) is 3.38. The third-order valence-electron chi connectivity index (χ3n) is 3.91. The molecule has 1 saturated carbocycles. The summed E-state index contributed by atoms with van der Waals surface area (Å²) in [6.07, 6.45) is 9.17. The first kappa shape index (κ1) is 16.4. The molecule has 1 fully saturated rings. The van der Waals surface area contributed by atoms with E-state index < -0.39 is 5.97 Å². The summed E-state index contributed by atoms with van der Waals surface area (Å²) in [7, 11) is 0. The van der Waals surface area contributed by atoms with E-state index in [9.17, 15) is 9.59 Å². The number of anilines is 1. The fraction of sp³-hybridized carbons (Fsp3) is 0.353. The van der Waals surface area contributed by atoms with Gasteiger partial charge in [0.25, 0.3) is 5.91 Å². The summed E-state index contributed by atoms with van der Waals surface area (Å²) < 4.78 is 6.80. The molecule has 0 atom stereocenters. The van der Waals surface area contributed by atoms with E-state index in [1.165, 1.54) is 18.9 Å². The van der Waals surface area contributed by atoms with Crippen LogP contribution in [0.2, 0.25) is 0 Å². The van der Waals surface area contributed by atoms with Crippen LogP contribution in [0.15, 0.2) is 35.2 Å². The lowest BCUT2D eigenvalue weighted by Crippen LogP contribution is -2.22. The van der Waals surface area contributed by atoms with Crippen LogP contribution in [-0.2, 0) is 14.3 Å². The highest BCUT2D eigenvalue weighted by molar-refractivity contribution is 7.08. The summed E-state index contributed by atoms with van der Waals surface area (Å²) >= 11 is 1.55. The zero-order valence-electron chi connectivity index (χ0n) is 13.2. The van der Waals surface area contributed by atoms with Gasteiger partial charge < -0.3 is 10.1 Å². The molecule has 0 aliphatic heterocycles. The molecule has 1 aliphatic carbocycles. The molecule has 6 nitrogen and oxygen atoms in total. The number of ether oxygens (including phenoxy) is 1. The van der Waals surface area contributed by atoms with E-state index in [2.05, 4.69) is 10.4 Å². The highest BCUT2D eigenvalue weighted by Crippen LogP contribution is 2.31. The molecule has 1 amide bonds. The number of thiophene rings is 1. The monoisotopic (exact) mass is 345 g/mol. The molecule has 0 bridgehead atoms. The highest BCUT2D eigenvalue weighted by Gasteiger charge is 2.20. The Morgan fingerprint density at radius 2 is 2.21 bits per heavy atom. The van der Waals surface area contributed by atoms with E-state index in [0.29, 0.717) is 11.9 Å². The molecule has 0 saturated heterocycles. The summed E-state index contributed by atoms with van der Waals surface area (Å²) in [5.41, 5.74) is 0.932. The largest absolute Gasteiger partial charge is 0.452 e. The molecule has 0 radical (unpaired) electrons. The van der Waals surface area contributed by atoms with Crippen LogP contribution in [0.4, 0.5) is 5.82 Å². The maximum Gasteiger partial charge on any atom is 0.331 e. The van der Waals surface area contributed by atoms with Crippen molar-refractivity contribution in [3.8, 4) is 0 Å². The van der Waals surface area contributed by atoms with Crippen LogP contribution in [0.5, 0.6) is 0 Å². The molecule has 2 heterocycles. The van der Waals surface area contributed by atoms with E-state index in [4.69, 9.17) is 4.74 Å². The van der Waals surface area contributed by atoms with E-state index in [1.807, 2.05) is 21.5 Å². The Hall–Kier alpha value is -2.41. The number of rotatable bonds is 6. The number of esters is 1. The van der Waals surface area contributed by atoms with Gasteiger partial charge in [0.15, 0.2) is 6.61 Å². The summed E-state index contributed by atoms with van der Waals surface area (Å²) in [5, 5.41) is 10.9. The van der Waals surface area contributed by atoms with Gasteiger partial charge in [0.1, 0.15) is 5.82 Å². The number of hydrogen-bond donors (Lipinski definition) is 1. The Bertz CT molecular complexity index is 715. The third-order valence-corrected chi connectivity index (χ3v) is 4.61. The minimum absolute atomic E-state index is 0.317. The number of carbonyl (C=O) groups is 2. The van der Waals surface area contributed by atoms with Gasteiger partial charge in [-0.15, -0.1) is 0 Å². The van der Waals surface area contributed by atoms with Gasteiger partial charge in [0, 0.05) is 12.1 Å². The second-order valence-electron chi connectivity index (χ2n) is 5.65. The molecule has 0 spiro atoms. The zero-order chi connectivity index (χ0) is 16.8. The Kier molecular flexibility index (Phi) is 5.43. The van der Waals surface area contributed by atoms with Crippen molar-refractivity contribution in [3.63, 3.8) is 0 Å². The van der Waals surface area contributed by atoms with E-state index in [1.54, 1.807) is 29.7 Å². The van der Waals surface area contributed by atoms with Gasteiger partial charge in [0.2, 0.25) is 0 Å². The summed E-state index contributed by atoms with van der Waals surface area (Å²) in [6.45, 7) is -0.317. The van der Waals surface area contributed by atoms with Crippen molar-refractivity contribution >= 4 is 35.1 Å². The second-order valence-corrected chi connectivity index (χ2v) is 6.43. The van der Waals surface area contributed by atoms with Gasteiger partial charge in [-0.3, -0.25) is 4.79 Å². The Morgan fingerprint density at radius 1 is 1.38 bits per heavy atom. The average molecular weight is 345 g/mol. The predicted molar refractivity (Wildman–Crippen MR) is 92.7 cm³/mol. The van der Waals surface area contributed by atoms with Crippen LogP contribution in [0.3, 0.4) is 0 Å². The van der Waals surface area contributed by atoms with Crippen molar-refractivity contribution in [2.75, 3.05) is 11.9 Å². The van der Waals surface area contributed by atoms with Crippen molar-refractivity contribution in [1.82, 2.24) is 9.78 Å². The number of nitrogens with one attached hydrogen (secondary N) is 1. The van der Waals surface area contributed by atoms with Crippen molar-refractivity contribution in [1.29, 1.82) is 0 Å². The Morgan fingerprint density at radius 3 is 2.96 bits per heavy atom. The van der Waals surface area contributed by atoms with Crippen LogP contribution in [0.25, 0.3) is 6.08 Å². The topological polar surface area (TPSA) is 73.2 Å². The first-order valence-electron chi connectivity index (χ1n) is 7.93. The lowest BCUT2D eigenvalue weighted by atomic mass is 10.2. The van der Waals surface area contributed by atoms with Crippen molar-refractivity contribution in [2.24, 2.45) is 0 Å². The number of carbonyl (C=O) groups excluding carboxylic acids is 2. The molecule has 1 N–H and O–H groups in total. The molecule has 24 heavy (non-hydrogen) atoms. The van der Waals surface area contributed by atoms with Crippen LogP contribution in [0.1, 0.15) is 37.3 Å². The maximum atomic E-state index is 12.0. The SMILES string of the molecule is O=C(COC(=O)/C=C/c1ccsc1)Nc1ccnn1C1CCCC1. The smallest absolute Gasteiger partial charge is 0.331 e. The van der Waals surface area contributed by atoms with Gasteiger partial charge in [0.05, 0.1) is 12.2 Å². The van der Waals surface area contributed by atoms with Crippen molar-refractivity contribution in [2.45, 2.75) is 31.7 Å². The van der Waals surface area contributed by atoms with E-state index in [0.717, 1.165) is 18.4 Å². The second kappa shape index (κ2) is 7.92. The Labute approximate surface area is 144 Å². The number of nitrogens with zero attached hydrogens (tertiary/aromatic N) is 2. The minimum atomic E-state index is -0.541. The van der Waals surface area contributed by atoms with Gasteiger partial charge in [-0.05, 0) is 41.3 Å². The quantitative estimate of drug-likeness (QED) is 0.644. The summed E-state index contributed by atoms with van der Waals surface area (Å²) in [4.78, 5) is 23.6. The number of hydrogen-bond acceptors (Lipinski definition) is 5. The fourth-order valence-electron chi connectivity index (χ4n) is 2.75. The lowest BCUT2D eigenvalue weighted by molar-refractivity contribution is -0.142. The standard InChI is InChI=1S/C17H19N3O3S/c21-16(11-23-17(22)6-5-13-8-10-24-12-13)19-15-7-9-18-20(15)14-3-1-2-4-14/h5-10,12,14H,1-4,11H2,(H,19,21)/b6-5+. The first-order chi connectivity index (χ1) is 11.7. The van der Waals surface area contributed by atoms with Crippen molar-refractivity contribution in [3.05, 3.63) is 40.7 Å². The van der Waals surface area contributed by atoms with Crippen LogP contribution < -0.4 is 5.32 Å². The predicted octanol–water partition coefficient (Wildman–Crippen LogP) is 3.25. The summed E-state index contributed by atoms with van der Waals surface area (Å²) in [5.74, 6) is -0.260. The van der Waals surface area contributed by atoms with Gasteiger partial charge in [-0.25, -0.2) is 9.48 Å². The average Bonchev–Trinajstić information content (AvgIpc) is 3.31. The Balaban J connectivity index is 1.47.